The van der Waals surface area contributed by atoms with Gasteiger partial charge in [-0.2, -0.15) is 0 Å². The quantitative estimate of drug-likeness (QED) is 0.942. The van der Waals surface area contributed by atoms with Crippen LogP contribution in [0.2, 0.25) is 0 Å². The summed E-state index contributed by atoms with van der Waals surface area (Å²) in [5.41, 5.74) is 8.15. The second-order valence-corrected chi connectivity index (χ2v) is 6.24. The fourth-order valence-corrected chi connectivity index (χ4v) is 3.08. The molecule has 2 heterocycles. The van der Waals surface area contributed by atoms with Gasteiger partial charge in [0.2, 0.25) is 0 Å². The van der Waals surface area contributed by atoms with Crippen LogP contribution in [0.5, 0.6) is 5.75 Å². The molecule has 2 unspecified atom stereocenters. The van der Waals surface area contributed by atoms with E-state index >= 15 is 0 Å². The fourth-order valence-electron chi connectivity index (χ4n) is 3.08. The number of fused-ring (bicyclic) bond motifs is 1. The Bertz CT molecular complexity index is 646. The molecule has 0 amide bonds. The van der Waals surface area contributed by atoms with Crippen molar-refractivity contribution in [1.82, 2.24) is 9.88 Å². The van der Waals surface area contributed by atoms with Gasteiger partial charge in [-0.3, -0.25) is 4.90 Å². The second kappa shape index (κ2) is 5.53. The van der Waals surface area contributed by atoms with Gasteiger partial charge in [0.25, 0.3) is 0 Å². The number of methoxy groups -OCH3 is 1. The van der Waals surface area contributed by atoms with Crippen LogP contribution in [0.1, 0.15) is 19.4 Å². The lowest BCUT2D eigenvalue weighted by Crippen LogP contribution is -2.21. The van der Waals surface area contributed by atoms with Gasteiger partial charge in [-0.05, 0) is 30.0 Å². The first-order valence-electron chi connectivity index (χ1n) is 7.52. The number of rotatable bonds is 3. The molecule has 1 aliphatic rings. The number of pyridine rings is 1. The number of likely N-dealkylation sites (tertiary alicyclic amines) is 1. The van der Waals surface area contributed by atoms with E-state index in [1.807, 2.05) is 18.2 Å². The lowest BCUT2D eigenvalue weighted by Gasteiger charge is -2.17. The van der Waals surface area contributed by atoms with E-state index < -0.39 is 0 Å². The molecule has 1 aromatic carbocycles. The maximum Gasteiger partial charge on any atom is 0.128 e. The van der Waals surface area contributed by atoms with Crippen LogP contribution in [-0.2, 0) is 6.54 Å². The molecule has 1 fully saturated rings. The van der Waals surface area contributed by atoms with Gasteiger partial charge in [-0.15, -0.1) is 0 Å². The number of aromatic nitrogens is 1. The largest absolute Gasteiger partial charge is 0.497 e. The van der Waals surface area contributed by atoms with Gasteiger partial charge in [0.05, 0.1) is 12.6 Å². The van der Waals surface area contributed by atoms with Crippen molar-refractivity contribution in [1.29, 1.82) is 0 Å². The van der Waals surface area contributed by atoms with E-state index in [2.05, 4.69) is 29.8 Å². The summed E-state index contributed by atoms with van der Waals surface area (Å²) in [5.74, 6) is 2.94. The van der Waals surface area contributed by atoms with E-state index in [0.29, 0.717) is 5.82 Å². The maximum absolute atomic E-state index is 6.15. The number of hydrogen-bond acceptors (Lipinski definition) is 4. The molecule has 2 N–H and O–H groups in total. The van der Waals surface area contributed by atoms with Crippen LogP contribution < -0.4 is 10.5 Å². The van der Waals surface area contributed by atoms with Gasteiger partial charge >= 0.3 is 0 Å². The molecular weight excluding hydrogens is 262 g/mol. The number of anilines is 1. The van der Waals surface area contributed by atoms with Crippen LogP contribution in [0.4, 0.5) is 5.82 Å². The minimum atomic E-state index is 0.628. The van der Waals surface area contributed by atoms with E-state index in [4.69, 9.17) is 10.5 Å². The molecule has 21 heavy (non-hydrogen) atoms. The molecule has 0 saturated carbocycles. The SMILES string of the molecule is COc1ccc2cc(CN3CC(C)C(C)C3)c(N)nc2c1. The predicted octanol–water partition coefficient (Wildman–Crippen LogP) is 2.91. The monoisotopic (exact) mass is 285 g/mol. The molecule has 1 saturated heterocycles. The standard InChI is InChI=1S/C17H23N3O/c1-11-8-20(9-12(11)2)10-14-6-13-4-5-15(21-3)7-16(13)19-17(14)18/h4-7,11-12H,8-10H2,1-3H3,(H2,18,19). The van der Waals surface area contributed by atoms with Crippen molar-refractivity contribution >= 4 is 16.7 Å². The Kier molecular flexibility index (Phi) is 3.72. The van der Waals surface area contributed by atoms with Gasteiger partial charge in [-0.25, -0.2) is 4.98 Å². The van der Waals surface area contributed by atoms with E-state index in [-0.39, 0.29) is 0 Å². The fraction of sp³-hybridized carbons (Fsp3) is 0.471. The van der Waals surface area contributed by atoms with E-state index in [0.717, 1.165) is 53.7 Å². The minimum absolute atomic E-state index is 0.628. The predicted molar refractivity (Wildman–Crippen MR) is 86.3 cm³/mol. The molecule has 1 aliphatic heterocycles. The first-order chi connectivity index (χ1) is 10.1. The summed E-state index contributed by atoms with van der Waals surface area (Å²) in [4.78, 5) is 7.01. The van der Waals surface area contributed by atoms with Gasteiger partial charge in [0.1, 0.15) is 11.6 Å². The Morgan fingerprint density at radius 1 is 1.24 bits per heavy atom. The van der Waals surface area contributed by atoms with Crippen LogP contribution in [0.3, 0.4) is 0 Å². The Labute approximate surface area is 125 Å². The smallest absolute Gasteiger partial charge is 0.128 e. The zero-order valence-corrected chi connectivity index (χ0v) is 13.0. The van der Waals surface area contributed by atoms with Crippen LogP contribution in [0.25, 0.3) is 10.9 Å². The Morgan fingerprint density at radius 3 is 2.62 bits per heavy atom. The van der Waals surface area contributed by atoms with Crippen LogP contribution >= 0.6 is 0 Å². The maximum atomic E-state index is 6.15. The van der Waals surface area contributed by atoms with Crippen molar-refractivity contribution in [2.24, 2.45) is 11.8 Å². The summed E-state index contributed by atoms with van der Waals surface area (Å²) in [7, 11) is 1.66. The summed E-state index contributed by atoms with van der Waals surface area (Å²) in [5, 5.41) is 1.11. The lowest BCUT2D eigenvalue weighted by molar-refractivity contribution is 0.316. The van der Waals surface area contributed by atoms with Crippen molar-refractivity contribution < 1.29 is 4.74 Å². The first kappa shape index (κ1) is 14.1. The van der Waals surface area contributed by atoms with Crippen molar-refractivity contribution in [2.45, 2.75) is 20.4 Å². The highest BCUT2D eigenvalue weighted by atomic mass is 16.5. The topological polar surface area (TPSA) is 51.4 Å². The summed E-state index contributed by atoms with van der Waals surface area (Å²) in [6, 6.07) is 8.09. The molecule has 0 bridgehead atoms. The molecule has 2 atom stereocenters. The highest BCUT2D eigenvalue weighted by molar-refractivity contribution is 5.82. The van der Waals surface area contributed by atoms with E-state index in [9.17, 15) is 0 Å². The average molecular weight is 285 g/mol. The van der Waals surface area contributed by atoms with Gasteiger partial charge in [0, 0.05) is 36.7 Å². The Morgan fingerprint density at radius 2 is 1.95 bits per heavy atom. The highest BCUT2D eigenvalue weighted by Gasteiger charge is 2.26. The molecule has 4 heteroatoms. The molecule has 1 aromatic heterocycles. The van der Waals surface area contributed by atoms with Crippen molar-refractivity contribution in [2.75, 3.05) is 25.9 Å². The van der Waals surface area contributed by atoms with Crippen LogP contribution in [-0.4, -0.2) is 30.1 Å². The minimum Gasteiger partial charge on any atom is -0.497 e. The van der Waals surface area contributed by atoms with Crippen molar-refractivity contribution in [3.8, 4) is 5.75 Å². The lowest BCUT2D eigenvalue weighted by atomic mass is 10.0. The number of hydrogen-bond donors (Lipinski definition) is 1. The molecule has 2 aromatic rings. The molecule has 0 radical (unpaired) electrons. The van der Waals surface area contributed by atoms with Gasteiger partial charge < -0.3 is 10.5 Å². The normalized spacial score (nSPS) is 22.8. The van der Waals surface area contributed by atoms with E-state index in [1.54, 1.807) is 7.11 Å². The van der Waals surface area contributed by atoms with Crippen molar-refractivity contribution in [3.05, 3.63) is 29.8 Å². The molecular formula is C17H23N3O. The first-order valence-corrected chi connectivity index (χ1v) is 7.52. The number of nitrogen functional groups attached to an aromatic ring is 1. The summed E-state index contributed by atoms with van der Waals surface area (Å²) < 4.78 is 5.23. The van der Waals surface area contributed by atoms with E-state index in [1.165, 1.54) is 0 Å². The van der Waals surface area contributed by atoms with Crippen LogP contribution in [0.15, 0.2) is 24.3 Å². The molecule has 112 valence electrons. The number of benzene rings is 1. The second-order valence-electron chi connectivity index (χ2n) is 6.24. The van der Waals surface area contributed by atoms with Crippen LogP contribution in [0, 0.1) is 11.8 Å². The highest BCUT2D eigenvalue weighted by Crippen LogP contribution is 2.27. The third-order valence-electron chi connectivity index (χ3n) is 4.59. The third kappa shape index (κ3) is 2.81. The summed E-state index contributed by atoms with van der Waals surface area (Å²) in [6.45, 7) is 7.80. The third-order valence-corrected chi connectivity index (χ3v) is 4.59. The molecule has 0 aliphatic carbocycles. The molecule has 4 nitrogen and oxygen atoms in total. The number of ether oxygens (including phenoxy) is 1. The molecule has 3 rings (SSSR count). The summed E-state index contributed by atoms with van der Waals surface area (Å²) in [6.07, 6.45) is 0. The zero-order chi connectivity index (χ0) is 15.0. The average Bonchev–Trinajstić information content (AvgIpc) is 2.77. The van der Waals surface area contributed by atoms with Gasteiger partial charge in [-0.1, -0.05) is 13.8 Å². The van der Waals surface area contributed by atoms with Gasteiger partial charge in [0.15, 0.2) is 0 Å². The Hall–Kier alpha value is -1.81. The van der Waals surface area contributed by atoms with Crippen molar-refractivity contribution in [3.63, 3.8) is 0 Å². The number of nitrogens with zero attached hydrogens (tertiary/aromatic N) is 2. The Balaban J connectivity index is 1.87. The zero-order valence-electron chi connectivity index (χ0n) is 13.0. The number of nitrogens with two attached hydrogens (primary N) is 1. The molecule has 0 spiro atoms. The summed E-state index contributed by atoms with van der Waals surface area (Å²) >= 11 is 0.